The van der Waals surface area contributed by atoms with Gasteiger partial charge in [-0.15, -0.1) is 3.77 Å². The van der Waals surface area contributed by atoms with Crippen LogP contribution in [0, 0.1) is 6.92 Å². The van der Waals surface area contributed by atoms with Crippen LogP contribution in [0.15, 0.2) is 111 Å². The largest absolute Gasteiger partial charge is 0.294 e. The van der Waals surface area contributed by atoms with Crippen molar-refractivity contribution in [1.82, 2.24) is 0 Å². The lowest BCUT2D eigenvalue weighted by molar-refractivity contribution is 0.104. The lowest BCUT2D eigenvalue weighted by Crippen LogP contribution is -2.14. The summed E-state index contributed by atoms with van der Waals surface area (Å²) in [6.07, 6.45) is 6.36. The number of ketones is 1. The summed E-state index contributed by atoms with van der Waals surface area (Å²) in [5.74, 6) is -0.126. The number of benzene rings is 3. The van der Waals surface area contributed by atoms with Gasteiger partial charge in [0.05, 0.1) is 22.0 Å². The van der Waals surface area contributed by atoms with E-state index in [-0.39, 0.29) is 10.7 Å². The third-order valence-corrected chi connectivity index (χ3v) is 8.56. The van der Waals surface area contributed by atoms with Crippen molar-refractivity contribution in [3.8, 4) is 0 Å². The second-order valence-electron chi connectivity index (χ2n) is 8.14. The molecular formula is C28H31NO4S2. The summed E-state index contributed by atoms with van der Waals surface area (Å²) in [7, 11) is -5.33. The maximum atomic E-state index is 13.1. The van der Waals surface area contributed by atoms with E-state index in [4.69, 9.17) is 4.18 Å². The van der Waals surface area contributed by atoms with Gasteiger partial charge in [-0.1, -0.05) is 98.5 Å². The Balaban J connectivity index is 1.93. The van der Waals surface area contributed by atoms with Gasteiger partial charge in [-0.3, -0.25) is 8.98 Å². The molecule has 0 aliphatic rings. The quantitative estimate of drug-likeness (QED) is 0.152. The molecule has 0 aliphatic carbocycles. The normalized spacial score (nSPS) is 13.7. The molecule has 0 aromatic heterocycles. The minimum Gasteiger partial charge on any atom is -0.294 e. The van der Waals surface area contributed by atoms with Gasteiger partial charge < -0.3 is 0 Å². The first-order chi connectivity index (χ1) is 16.9. The van der Waals surface area contributed by atoms with E-state index < -0.39 is 27.1 Å². The van der Waals surface area contributed by atoms with Crippen LogP contribution < -0.4 is 0 Å². The van der Waals surface area contributed by atoms with E-state index in [2.05, 4.69) is 10.7 Å². The molecule has 184 valence electrons. The third-order valence-electron chi connectivity index (χ3n) is 5.26. The summed E-state index contributed by atoms with van der Waals surface area (Å²) in [5.41, 5.74) is 1.55. The number of rotatable bonds is 12. The highest BCUT2D eigenvalue weighted by Crippen LogP contribution is 2.22. The average molecular weight is 510 g/mol. The van der Waals surface area contributed by atoms with Gasteiger partial charge in [0.2, 0.25) is 0 Å². The molecule has 0 saturated carbocycles. The van der Waals surface area contributed by atoms with E-state index >= 15 is 0 Å². The summed E-state index contributed by atoms with van der Waals surface area (Å²) < 4.78 is 36.7. The zero-order valence-corrected chi connectivity index (χ0v) is 21.7. The van der Waals surface area contributed by atoms with E-state index in [0.717, 1.165) is 24.8 Å². The van der Waals surface area contributed by atoms with E-state index in [1.807, 2.05) is 43.3 Å². The zero-order valence-electron chi connectivity index (χ0n) is 20.0. The Morgan fingerprint density at radius 1 is 0.943 bits per heavy atom. The summed E-state index contributed by atoms with van der Waals surface area (Å²) in [6.45, 7) is 4.01. The molecule has 7 heteroatoms. The molecule has 2 unspecified atom stereocenters. The zero-order chi connectivity index (χ0) is 25.1. The van der Waals surface area contributed by atoms with Crippen molar-refractivity contribution in [1.29, 1.82) is 0 Å². The number of hydrogen-bond acceptors (Lipinski definition) is 4. The molecule has 35 heavy (non-hydrogen) atoms. The van der Waals surface area contributed by atoms with E-state index in [1.54, 1.807) is 54.6 Å². The van der Waals surface area contributed by atoms with Crippen LogP contribution >= 0.6 is 0 Å². The fourth-order valence-electron chi connectivity index (χ4n) is 3.28. The van der Waals surface area contributed by atoms with Gasteiger partial charge >= 0.3 is 0 Å². The number of carbonyl (C=O) groups excluding carboxylic acids is 1. The number of sulfonamides is 1. The summed E-state index contributed by atoms with van der Waals surface area (Å²) in [5, 5.41) is 0. The maximum absolute atomic E-state index is 13.1. The topological polar surface area (TPSA) is 72.8 Å². The molecule has 0 bridgehead atoms. The van der Waals surface area contributed by atoms with Crippen LogP contribution in [0.4, 0.5) is 0 Å². The molecule has 3 aromatic rings. The Bertz CT molecular complexity index is 1250. The summed E-state index contributed by atoms with van der Waals surface area (Å²) in [6, 6.07) is 24.7. The molecule has 0 amide bonds. The summed E-state index contributed by atoms with van der Waals surface area (Å²) in [4.78, 5) is 13.4. The van der Waals surface area contributed by atoms with Crippen LogP contribution in [-0.2, 0) is 25.2 Å². The number of nitrogens with zero attached hydrogens (tertiary/aromatic N) is 1. The molecule has 0 N–H and O–H groups in total. The second kappa shape index (κ2) is 13.3. The van der Waals surface area contributed by atoms with Gasteiger partial charge in [-0.25, -0.2) is 0 Å². The van der Waals surface area contributed by atoms with Crippen LogP contribution in [0.5, 0.6) is 0 Å². The van der Waals surface area contributed by atoms with Gasteiger partial charge in [0.15, 0.2) is 5.78 Å². The maximum Gasteiger partial charge on any atom is 0.290 e. The third kappa shape index (κ3) is 8.38. The number of allylic oxidation sites excluding steroid dienone is 1. The van der Waals surface area contributed by atoms with Gasteiger partial charge in [0.1, 0.15) is 0 Å². The van der Waals surface area contributed by atoms with Crippen molar-refractivity contribution in [3.63, 3.8) is 0 Å². The average Bonchev–Trinajstić information content (AvgIpc) is 2.87. The minimum absolute atomic E-state index is 0.123. The number of hydrogen-bond donors (Lipinski definition) is 0. The van der Waals surface area contributed by atoms with E-state index in [9.17, 15) is 13.2 Å². The van der Waals surface area contributed by atoms with Crippen molar-refractivity contribution in [2.24, 2.45) is 3.77 Å². The fraction of sp³-hybridized carbons (Fsp3) is 0.250. The Morgan fingerprint density at radius 3 is 2.20 bits per heavy atom. The molecule has 2 atom stereocenters. The predicted octanol–water partition coefficient (Wildman–Crippen LogP) is 6.86. The molecule has 0 saturated heterocycles. The van der Waals surface area contributed by atoms with Gasteiger partial charge in [0, 0.05) is 10.5 Å². The van der Waals surface area contributed by atoms with E-state index in [1.165, 1.54) is 6.08 Å². The second-order valence-corrected chi connectivity index (χ2v) is 11.3. The smallest absolute Gasteiger partial charge is 0.290 e. The van der Waals surface area contributed by atoms with Crippen molar-refractivity contribution < 1.29 is 17.4 Å². The molecular weight excluding hydrogens is 478 g/mol. The number of unbranched alkanes of at least 4 members (excludes halogenated alkanes) is 2. The first-order valence-corrected chi connectivity index (χ1v) is 14.2. The van der Waals surface area contributed by atoms with Gasteiger partial charge in [0.25, 0.3) is 10.0 Å². The van der Waals surface area contributed by atoms with Crippen LogP contribution in [0.25, 0.3) is 0 Å². The van der Waals surface area contributed by atoms with Crippen LogP contribution in [0.1, 0.15) is 48.5 Å². The first kappa shape index (κ1) is 26.7. The van der Waals surface area contributed by atoms with Crippen molar-refractivity contribution in [2.75, 3.05) is 0 Å². The molecule has 0 aliphatic heterocycles. The molecule has 5 nitrogen and oxygen atoms in total. The van der Waals surface area contributed by atoms with Crippen molar-refractivity contribution >= 4 is 26.8 Å². The number of carbonyl (C=O) groups is 1. The molecule has 0 spiro atoms. The van der Waals surface area contributed by atoms with Gasteiger partial charge in [-0.2, -0.15) is 8.42 Å². The molecule has 3 aromatic carbocycles. The molecule has 0 radical (unpaired) electrons. The monoisotopic (exact) mass is 509 g/mol. The van der Waals surface area contributed by atoms with E-state index in [0.29, 0.717) is 16.9 Å². The lowest BCUT2D eigenvalue weighted by Gasteiger charge is -2.16. The van der Waals surface area contributed by atoms with Crippen LogP contribution in [0.2, 0.25) is 0 Å². The van der Waals surface area contributed by atoms with Crippen LogP contribution in [0.3, 0.4) is 0 Å². The lowest BCUT2D eigenvalue weighted by atomic mass is 10.1. The SMILES string of the molecule is CCCCCC(/C=C/C(=O)c1ccccc1)O/S(=N/S(=O)(=O)c1ccc(C)cc1)c1ccccc1. The Hall–Kier alpha value is -2.87. The minimum atomic E-state index is -3.95. The molecule has 3 rings (SSSR count). The van der Waals surface area contributed by atoms with Crippen molar-refractivity contribution in [3.05, 3.63) is 108 Å². The predicted molar refractivity (Wildman–Crippen MR) is 142 cm³/mol. The highest BCUT2D eigenvalue weighted by Gasteiger charge is 2.18. The van der Waals surface area contributed by atoms with Crippen LogP contribution in [-0.4, -0.2) is 20.3 Å². The highest BCUT2D eigenvalue weighted by molar-refractivity contribution is 7.98. The first-order valence-electron chi connectivity index (χ1n) is 11.7. The highest BCUT2D eigenvalue weighted by atomic mass is 32.3. The Labute approximate surface area is 211 Å². The van der Waals surface area contributed by atoms with Crippen molar-refractivity contribution in [2.45, 2.75) is 55.4 Å². The molecule has 0 fully saturated rings. The van der Waals surface area contributed by atoms with Gasteiger partial charge in [-0.05, 0) is 43.7 Å². The molecule has 0 heterocycles. The standard InChI is InChI=1S/C28H31NO4S2/c1-3-4-7-14-25(19-22-28(30)24-12-8-5-9-13-24)33-34(26-15-10-6-11-16-26)29-35(31,32)27-20-17-23(2)18-21-27/h5-6,8-13,15-22,25H,3-4,7,14H2,1-2H3/b22-19+. The summed E-state index contributed by atoms with van der Waals surface area (Å²) >= 11 is 0. The Morgan fingerprint density at radius 2 is 1.57 bits per heavy atom. The fourth-order valence-corrected chi connectivity index (χ4v) is 6.20. The Kier molecular flexibility index (Phi) is 10.1. The number of aryl methyl sites for hydroxylation is 1.